The Morgan fingerprint density at radius 2 is 2.10 bits per heavy atom. The highest BCUT2D eigenvalue weighted by atomic mass is 16.6. The van der Waals surface area contributed by atoms with Gasteiger partial charge in [-0.15, -0.1) is 0 Å². The molecule has 0 unspecified atom stereocenters. The fourth-order valence-corrected chi connectivity index (χ4v) is 1.59. The van der Waals surface area contributed by atoms with Crippen molar-refractivity contribution in [2.24, 2.45) is 0 Å². The maximum atomic E-state index is 11.4. The van der Waals surface area contributed by atoms with Crippen LogP contribution in [0.1, 0.15) is 34.1 Å². The van der Waals surface area contributed by atoms with Crippen molar-refractivity contribution in [1.82, 2.24) is 10.3 Å². The Morgan fingerprint density at radius 3 is 2.76 bits per heavy atom. The normalized spacial score (nSPS) is 10.9. The monoisotopic (exact) mass is 295 g/mol. The number of carbonyl (C=O) groups is 1. The van der Waals surface area contributed by atoms with Crippen LogP contribution in [-0.2, 0) is 4.74 Å². The Balaban J connectivity index is 2.24. The minimum absolute atomic E-state index is 0.390. The SMILES string of the molecule is CCOc1ncccc1NCCCNC(=O)OC(C)(C)C. The van der Waals surface area contributed by atoms with Crippen molar-refractivity contribution in [3.05, 3.63) is 18.3 Å². The molecule has 1 amide bonds. The molecular formula is C15H25N3O3. The number of nitrogens with zero attached hydrogens (tertiary/aromatic N) is 1. The lowest BCUT2D eigenvalue weighted by atomic mass is 10.2. The highest BCUT2D eigenvalue weighted by molar-refractivity contribution is 5.67. The molecule has 6 nitrogen and oxygen atoms in total. The molecule has 0 saturated carbocycles. The maximum Gasteiger partial charge on any atom is 0.407 e. The number of rotatable bonds is 7. The first kappa shape index (κ1) is 17.1. The van der Waals surface area contributed by atoms with E-state index in [1.807, 2.05) is 39.8 Å². The van der Waals surface area contributed by atoms with Gasteiger partial charge in [-0.2, -0.15) is 0 Å². The zero-order valence-corrected chi connectivity index (χ0v) is 13.2. The summed E-state index contributed by atoms with van der Waals surface area (Å²) in [6, 6.07) is 3.77. The molecule has 0 aliphatic heterocycles. The average Bonchev–Trinajstić information content (AvgIpc) is 2.38. The summed E-state index contributed by atoms with van der Waals surface area (Å²) in [7, 11) is 0. The van der Waals surface area contributed by atoms with Crippen molar-refractivity contribution >= 4 is 11.8 Å². The van der Waals surface area contributed by atoms with Gasteiger partial charge in [-0.3, -0.25) is 0 Å². The molecule has 1 aromatic heterocycles. The molecule has 1 heterocycles. The van der Waals surface area contributed by atoms with Crippen molar-refractivity contribution in [3.8, 4) is 5.88 Å². The Labute approximate surface area is 126 Å². The molecule has 0 aromatic carbocycles. The summed E-state index contributed by atoms with van der Waals surface area (Å²) in [5.41, 5.74) is 0.390. The summed E-state index contributed by atoms with van der Waals surface area (Å²) in [4.78, 5) is 15.6. The largest absolute Gasteiger partial charge is 0.476 e. The molecule has 0 bridgehead atoms. The zero-order chi connectivity index (χ0) is 15.7. The topological polar surface area (TPSA) is 72.5 Å². The number of pyridine rings is 1. The number of alkyl carbamates (subject to hydrolysis) is 1. The molecule has 21 heavy (non-hydrogen) atoms. The van der Waals surface area contributed by atoms with Gasteiger partial charge in [0.25, 0.3) is 0 Å². The molecule has 0 fully saturated rings. The molecule has 0 radical (unpaired) electrons. The van der Waals surface area contributed by atoms with Crippen molar-refractivity contribution in [2.45, 2.75) is 39.7 Å². The summed E-state index contributed by atoms with van der Waals surface area (Å²) < 4.78 is 10.6. The van der Waals surface area contributed by atoms with Crippen molar-refractivity contribution in [3.63, 3.8) is 0 Å². The van der Waals surface area contributed by atoms with Crippen LogP contribution >= 0.6 is 0 Å². The quantitative estimate of drug-likeness (QED) is 0.757. The third kappa shape index (κ3) is 7.39. The number of aromatic nitrogens is 1. The number of ether oxygens (including phenoxy) is 2. The van der Waals surface area contributed by atoms with E-state index in [0.29, 0.717) is 25.6 Å². The second-order valence-corrected chi connectivity index (χ2v) is 5.50. The molecular weight excluding hydrogens is 270 g/mol. The van der Waals surface area contributed by atoms with E-state index in [1.165, 1.54) is 0 Å². The highest BCUT2D eigenvalue weighted by Crippen LogP contribution is 2.19. The number of anilines is 1. The van der Waals surface area contributed by atoms with E-state index in [1.54, 1.807) is 6.20 Å². The predicted octanol–water partition coefficient (Wildman–Crippen LogP) is 2.81. The molecule has 0 aliphatic rings. The number of hydrogen-bond donors (Lipinski definition) is 2. The molecule has 1 rings (SSSR count). The number of carbonyl (C=O) groups excluding carboxylic acids is 1. The van der Waals surface area contributed by atoms with Crippen LogP contribution in [0.5, 0.6) is 5.88 Å². The lowest BCUT2D eigenvalue weighted by Gasteiger charge is -2.19. The molecule has 6 heteroatoms. The first-order chi connectivity index (χ1) is 9.92. The summed E-state index contributed by atoms with van der Waals surface area (Å²) in [5, 5.41) is 5.96. The fraction of sp³-hybridized carbons (Fsp3) is 0.600. The van der Waals surface area contributed by atoms with Gasteiger partial charge in [-0.05, 0) is 46.2 Å². The lowest BCUT2D eigenvalue weighted by Crippen LogP contribution is -2.33. The first-order valence-corrected chi connectivity index (χ1v) is 7.21. The van der Waals surface area contributed by atoms with Gasteiger partial charge in [-0.25, -0.2) is 9.78 Å². The van der Waals surface area contributed by atoms with Gasteiger partial charge in [-0.1, -0.05) is 0 Å². The van der Waals surface area contributed by atoms with E-state index in [4.69, 9.17) is 9.47 Å². The maximum absolute atomic E-state index is 11.4. The van der Waals surface area contributed by atoms with Crippen LogP contribution < -0.4 is 15.4 Å². The van der Waals surface area contributed by atoms with E-state index in [0.717, 1.165) is 12.1 Å². The average molecular weight is 295 g/mol. The Morgan fingerprint density at radius 1 is 1.33 bits per heavy atom. The Kier molecular flexibility index (Phi) is 6.78. The molecule has 118 valence electrons. The van der Waals surface area contributed by atoms with Gasteiger partial charge in [0.15, 0.2) is 0 Å². The van der Waals surface area contributed by atoms with Crippen LogP contribution in [0.15, 0.2) is 18.3 Å². The standard InChI is InChI=1S/C15H25N3O3/c1-5-20-13-12(8-6-9-17-13)16-10-7-11-18-14(19)21-15(2,3)4/h6,8-9,16H,5,7,10-11H2,1-4H3,(H,18,19). The summed E-state index contributed by atoms with van der Waals surface area (Å²) in [6.07, 6.45) is 2.08. The van der Waals surface area contributed by atoms with E-state index in [2.05, 4.69) is 15.6 Å². The zero-order valence-electron chi connectivity index (χ0n) is 13.2. The lowest BCUT2D eigenvalue weighted by molar-refractivity contribution is 0.0528. The number of nitrogens with one attached hydrogen (secondary N) is 2. The third-order valence-corrected chi connectivity index (χ3v) is 2.39. The summed E-state index contributed by atoms with van der Waals surface area (Å²) in [5.74, 6) is 0.597. The molecule has 0 atom stereocenters. The fourth-order valence-electron chi connectivity index (χ4n) is 1.59. The second-order valence-electron chi connectivity index (χ2n) is 5.50. The number of amides is 1. The smallest absolute Gasteiger partial charge is 0.407 e. The summed E-state index contributed by atoms with van der Waals surface area (Å²) in [6.45, 7) is 9.27. The first-order valence-electron chi connectivity index (χ1n) is 7.21. The van der Waals surface area contributed by atoms with Gasteiger partial charge >= 0.3 is 6.09 Å². The third-order valence-electron chi connectivity index (χ3n) is 2.39. The summed E-state index contributed by atoms with van der Waals surface area (Å²) >= 11 is 0. The van der Waals surface area contributed by atoms with Crippen molar-refractivity contribution in [2.75, 3.05) is 25.0 Å². The number of hydrogen-bond acceptors (Lipinski definition) is 5. The molecule has 0 aliphatic carbocycles. The van der Waals surface area contributed by atoms with Crippen molar-refractivity contribution in [1.29, 1.82) is 0 Å². The van der Waals surface area contributed by atoms with E-state index >= 15 is 0 Å². The van der Waals surface area contributed by atoms with Gasteiger partial charge < -0.3 is 20.1 Å². The van der Waals surface area contributed by atoms with Crippen molar-refractivity contribution < 1.29 is 14.3 Å². The molecule has 2 N–H and O–H groups in total. The van der Waals surface area contributed by atoms with E-state index in [9.17, 15) is 4.79 Å². The highest BCUT2D eigenvalue weighted by Gasteiger charge is 2.15. The van der Waals surface area contributed by atoms with Crippen LogP contribution in [0, 0.1) is 0 Å². The predicted molar refractivity (Wildman–Crippen MR) is 82.7 cm³/mol. The van der Waals surface area contributed by atoms with Crippen LogP contribution in [-0.4, -0.2) is 36.4 Å². The minimum Gasteiger partial charge on any atom is -0.476 e. The van der Waals surface area contributed by atoms with Crippen LogP contribution in [0.25, 0.3) is 0 Å². The molecule has 0 spiro atoms. The van der Waals surface area contributed by atoms with Gasteiger partial charge in [0.05, 0.1) is 12.3 Å². The van der Waals surface area contributed by atoms with E-state index < -0.39 is 5.60 Å². The van der Waals surface area contributed by atoms with Gasteiger partial charge in [0.2, 0.25) is 5.88 Å². The van der Waals surface area contributed by atoms with Gasteiger partial charge in [0, 0.05) is 19.3 Å². The second kappa shape index (κ2) is 8.34. The Bertz CT molecular complexity index is 444. The minimum atomic E-state index is -0.468. The van der Waals surface area contributed by atoms with Crippen LogP contribution in [0.3, 0.4) is 0 Å². The van der Waals surface area contributed by atoms with E-state index in [-0.39, 0.29) is 6.09 Å². The van der Waals surface area contributed by atoms with Crippen LogP contribution in [0.2, 0.25) is 0 Å². The molecule has 0 saturated heterocycles. The van der Waals surface area contributed by atoms with Crippen LogP contribution in [0.4, 0.5) is 10.5 Å². The molecule has 1 aromatic rings. The Hall–Kier alpha value is -1.98. The van der Waals surface area contributed by atoms with Gasteiger partial charge in [0.1, 0.15) is 5.60 Å².